The fraction of sp³-hybridized carbons (Fsp3) is 0. The van der Waals surface area contributed by atoms with Crippen molar-refractivity contribution in [1.29, 1.82) is 0 Å². The average Bonchev–Trinajstić information content (AvgIpc) is 3.06. The Bertz CT molecular complexity index is 466. The molecular weight excluding hydrogens is 262 g/mol. The molecule has 3 aromatic carbocycles. The molecular formula is C16H15FeN. The molecule has 0 bridgehead atoms. The molecule has 0 spiro atoms. The van der Waals surface area contributed by atoms with Gasteiger partial charge in [-0.15, -0.1) is 12.1 Å². The molecule has 0 saturated carbocycles. The van der Waals surface area contributed by atoms with E-state index in [4.69, 9.17) is 0 Å². The summed E-state index contributed by atoms with van der Waals surface area (Å²) in [5.74, 6) is 0. The second-order valence-corrected chi connectivity index (χ2v) is 3.63. The van der Waals surface area contributed by atoms with Crippen molar-refractivity contribution in [2.75, 3.05) is 5.32 Å². The molecule has 3 rings (SSSR count). The van der Waals surface area contributed by atoms with Crippen LogP contribution in [0.5, 0.6) is 0 Å². The van der Waals surface area contributed by atoms with Crippen LogP contribution in [-0.2, 0) is 17.1 Å². The minimum atomic E-state index is 0. The third-order valence-corrected chi connectivity index (χ3v) is 2.28. The Labute approximate surface area is 119 Å². The zero-order chi connectivity index (χ0) is 11.8. The molecule has 0 radical (unpaired) electrons. The van der Waals surface area contributed by atoms with Crippen LogP contribution in [0.4, 0.5) is 11.4 Å². The molecule has 0 aliphatic rings. The number of benzene rings is 1. The van der Waals surface area contributed by atoms with Gasteiger partial charge in [-0.1, -0.05) is 36.0 Å². The second-order valence-electron chi connectivity index (χ2n) is 3.63. The van der Waals surface area contributed by atoms with Crippen molar-refractivity contribution in [3.05, 3.63) is 84.9 Å². The second kappa shape index (κ2) is 8.35. The van der Waals surface area contributed by atoms with E-state index in [9.17, 15) is 0 Å². The van der Waals surface area contributed by atoms with Crippen molar-refractivity contribution in [2.24, 2.45) is 0 Å². The first kappa shape index (κ1) is 14.3. The molecule has 0 aliphatic heterocycles. The average molecular weight is 277 g/mol. The van der Waals surface area contributed by atoms with Gasteiger partial charge in [-0.05, 0) is 5.69 Å². The number of anilines is 2. The Hall–Kier alpha value is -1.76. The summed E-state index contributed by atoms with van der Waals surface area (Å²) in [7, 11) is 0. The fourth-order valence-electron chi connectivity index (χ4n) is 1.47. The Morgan fingerprint density at radius 2 is 1.39 bits per heavy atom. The number of para-hydroxylation sites is 1. The summed E-state index contributed by atoms with van der Waals surface area (Å²) in [6.45, 7) is 0. The van der Waals surface area contributed by atoms with Crippen molar-refractivity contribution < 1.29 is 17.1 Å². The summed E-state index contributed by atoms with van der Waals surface area (Å²) >= 11 is 0. The van der Waals surface area contributed by atoms with Crippen LogP contribution in [-0.4, -0.2) is 0 Å². The SMILES string of the molecule is [Fe+2].c1cc[cH-]c1.c1ccc(N[c-]2cccc2)cc1. The summed E-state index contributed by atoms with van der Waals surface area (Å²) in [5.41, 5.74) is 2.27. The maximum atomic E-state index is 3.28. The molecule has 1 nitrogen and oxygen atoms in total. The third-order valence-electron chi connectivity index (χ3n) is 2.28. The van der Waals surface area contributed by atoms with Crippen LogP contribution >= 0.6 is 0 Å². The van der Waals surface area contributed by atoms with E-state index in [-0.39, 0.29) is 17.1 Å². The van der Waals surface area contributed by atoms with Crippen LogP contribution in [0, 0.1) is 0 Å². The molecule has 0 amide bonds. The van der Waals surface area contributed by atoms with Gasteiger partial charge in [-0.2, -0.15) is 30.3 Å². The van der Waals surface area contributed by atoms with E-state index in [1.165, 1.54) is 0 Å². The fourth-order valence-corrected chi connectivity index (χ4v) is 1.47. The first-order valence-electron chi connectivity index (χ1n) is 5.65. The van der Waals surface area contributed by atoms with E-state index in [0.717, 1.165) is 11.4 Å². The Balaban J connectivity index is 0.000000230. The molecule has 0 atom stereocenters. The predicted octanol–water partition coefficient (Wildman–Crippen LogP) is 4.55. The van der Waals surface area contributed by atoms with Crippen LogP contribution in [0.15, 0.2) is 84.9 Å². The summed E-state index contributed by atoms with van der Waals surface area (Å²) in [6.07, 6.45) is 0. The Morgan fingerprint density at radius 3 is 1.89 bits per heavy atom. The van der Waals surface area contributed by atoms with E-state index >= 15 is 0 Å². The molecule has 3 aromatic rings. The van der Waals surface area contributed by atoms with Crippen LogP contribution in [0.1, 0.15) is 0 Å². The summed E-state index contributed by atoms with van der Waals surface area (Å²) in [5, 5.41) is 3.28. The Kier molecular flexibility index (Phi) is 6.63. The monoisotopic (exact) mass is 277 g/mol. The molecule has 2 heteroatoms. The van der Waals surface area contributed by atoms with E-state index < -0.39 is 0 Å². The smallest absolute Gasteiger partial charge is 0.434 e. The van der Waals surface area contributed by atoms with Gasteiger partial charge in [0.15, 0.2) is 0 Å². The van der Waals surface area contributed by atoms with Crippen molar-refractivity contribution in [2.45, 2.75) is 0 Å². The van der Waals surface area contributed by atoms with Gasteiger partial charge < -0.3 is 5.32 Å². The van der Waals surface area contributed by atoms with Crippen LogP contribution in [0.2, 0.25) is 0 Å². The molecule has 1 N–H and O–H groups in total. The zero-order valence-corrected chi connectivity index (χ0v) is 11.0. The third kappa shape index (κ3) is 5.05. The molecule has 0 aliphatic carbocycles. The normalized spacial score (nSPS) is 8.67. The molecule has 92 valence electrons. The number of rotatable bonds is 2. The molecule has 18 heavy (non-hydrogen) atoms. The quantitative estimate of drug-likeness (QED) is 0.535. The first-order valence-corrected chi connectivity index (χ1v) is 5.65. The van der Waals surface area contributed by atoms with E-state index in [2.05, 4.69) is 5.32 Å². The predicted molar refractivity (Wildman–Crippen MR) is 73.8 cm³/mol. The molecule has 0 unspecified atom stereocenters. The number of hydrogen-bond donors (Lipinski definition) is 1. The molecule has 0 fully saturated rings. The van der Waals surface area contributed by atoms with Gasteiger partial charge in [0, 0.05) is 0 Å². The van der Waals surface area contributed by atoms with Gasteiger partial charge in [-0.3, -0.25) is 0 Å². The van der Waals surface area contributed by atoms with Gasteiger partial charge in [0.05, 0.1) is 0 Å². The van der Waals surface area contributed by atoms with Crippen LogP contribution in [0.25, 0.3) is 0 Å². The van der Waals surface area contributed by atoms with Gasteiger partial charge in [0.2, 0.25) is 0 Å². The summed E-state index contributed by atoms with van der Waals surface area (Å²) in [6, 6.07) is 28.3. The minimum absolute atomic E-state index is 0. The van der Waals surface area contributed by atoms with Crippen molar-refractivity contribution in [3.63, 3.8) is 0 Å². The van der Waals surface area contributed by atoms with Crippen molar-refractivity contribution in [1.82, 2.24) is 0 Å². The number of hydrogen-bond acceptors (Lipinski definition) is 1. The van der Waals surface area contributed by atoms with Crippen molar-refractivity contribution in [3.8, 4) is 0 Å². The standard InChI is InChI=1S/C11H10N.C5H5.Fe/c1-2-6-10(7-3-1)12-11-8-4-5-9-11;1-2-4-5-3-1;/h1-9,12H;1-5H;/q2*-1;+2. The zero-order valence-electron chi connectivity index (χ0n) is 9.94. The topological polar surface area (TPSA) is 12.0 Å². The van der Waals surface area contributed by atoms with Gasteiger partial charge in [-0.25, -0.2) is 12.1 Å². The Morgan fingerprint density at radius 1 is 0.778 bits per heavy atom. The summed E-state index contributed by atoms with van der Waals surface area (Å²) < 4.78 is 0. The summed E-state index contributed by atoms with van der Waals surface area (Å²) in [4.78, 5) is 0. The van der Waals surface area contributed by atoms with E-state index in [1.54, 1.807) is 0 Å². The van der Waals surface area contributed by atoms with Gasteiger partial charge in [0.25, 0.3) is 0 Å². The van der Waals surface area contributed by atoms with Crippen LogP contribution < -0.4 is 5.32 Å². The maximum Gasteiger partial charge on any atom is 2.00 e. The molecule has 0 heterocycles. The first-order chi connectivity index (χ1) is 8.45. The van der Waals surface area contributed by atoms with E-state index in [1.807, 2.05) is 84.9 Å². The largest absolute Gasteiger partial charge is 2.00 e. The van der Waals surface area contributed by atoms with Crippen LogP contribution in [0.3, 0.4) is 0 Å². The van der Waals surface area contributed by atoms with Crippen molar-refractivity contribution >= 4 is 11.4 Å². The maximum absolute atomic E-state index is 3.28. The van der Waals surface area contributed by atoms with Gasteiger partial charge in [0.1, 0.15) is 0 Å². The van der Waals surface area contributed by atoms with E-state index in [0.29, 0.717) is 0 Å². The van der Waals surface area contributed by atoms with Gasteiger partial charge >= 0.3 is 17.1 Å². The molecule has 0 saturated heterocycles. The minimum Gasteiger partial charge on any atom is -0.434 e. The number of nitrogens with one attached hydrogen (secondary N) is 1. The molecule has 0 aromatic heterocycles.